The standard InChI is InChI=1S/C5H10O2S/c6-1-4-2-8-3-5(4)7/h4-7H,1-3H2/t4-,5+/m0/s1. The highest BCUT2D eigenvalue weighted by Gasteiger charge is 2.24. The SMILES string of the molecule is OC[C@H]1CSC[C@H]1O. The van der Waals surface area contributed by atoms with Crippen molar-refractivity contribution in [2.45, 2.75) is 6.10 Å². The lowest BCUT2D eigenvalue weighted by Gasteiger charge is -2.07. The zero-order chi connectivity index (χ0) is 5.98. The fourth-order valence-electron chi connectivity index (χ4n) is 0.762. The number of rotatable bonds is 1. The Morgan fingerprint density at radius 2 is 2.25 bits per heavy atom. The summed E-state index contributed by atoms with van der Waals surface area (Å²) in [4.78, 5) is 0. The average molecular weight is 134 g/mol. The molecule has 1 aliphatic heterocycles. The Bertz CT molecular complexity index is 76.8. The first-order valence-electron chi connectivity index (χ1n) is 2.71. The molecular weight excluding hydrogens is 124 g/mol. The number of thioether (sulfide) groups is 1. The first-order chi connectivity index (χ1) is 3.84. The Hall–Kier alpha value is 0.270. The summed E-state index contributed by atoms with van der Waals surface area (Å²) in [6.45, 7) is 0.133. The third-order valence-corrected chi connectivity index (χ3v) is 2.64. The van der Waals surface area contributed by atoms with E-state index in [1.54, 1.807) is 11.8 Å². The highest BCUT2D eigenvalue weighted by Crippen LogP contribution is 2.22. The van der Waals surface area contributed by atoms with Gasteiger partial charge in [-0.1, -0.05) is 0 Å². The van der Waals surface area contributed by atoms with Gasteiger partial charge in [-0.25, -0.2) is 0 Å². The van der Waals surface area contributed by atoms with Crippen LogP contribution in [0.2, 0.25) is 0 Å². The van der Waals surface area contributed by atoms with Crippen molar-refractivity contribution in [3.05, 3.63) is 0 Å². The predicted octanol–water partition coefficient (Wildman–Crippen LogP) is -0.297. The maximum atomic E-state index is 9.01. The minimum atomic E-state index is -0.259. The highest BCUT2D eigenvalue weighted by atomic mass is 32.2. The zero-order valence-corrected chi connectivity index (χ0v) is 5.40. The fourth-order valence-corrected chi connectivity index (χ4v) is 2.04. The Balaban J connectivity index is 2.30. The van der Waals surface area contributed by atoms with Crippen LogP contribution in [0.15, 0.2) is 0 Å². The van der Waals surface area contributed by atoms with Crippen molar-refractivity contribution in [1.29, 1.82) is 0 Å². The van der Waals surface area contributed by atoms with E-state index in [1.807, 2.05) is 0 Å². The largest absolute Gasteiger partial charge is 0.396 e. The summed E-state index contributed by atoms with van der Waals surface area (Å²) in [5.74, 6) is 1.85. The molecule has 0 aromatic carbocycles. The molecule has 1 heterocycles. The van der Waals surface area contributed by atoms with E-state index in [1.165, 1.54) is 0 Å². The molecule has 48 valence electrons. The molecule has 0 amide bonds. The molecule has 0 spiro atoms. The van der Waals surface area contributed by atoms with Gasteiger partial charge in [-0.05, 0) is 0 Å². The van der Waals surface area contributed by atoms with Crippen molar-refractivity contribution in [2.24, 2.45) is 5.92 Å². The molecule has 2 nitrogen and oxygen atoms in total. The molecule has 0 unspecified atom stereocenters. The molecule has 1 saturated heterocycles. The van der Waals surface area contributed by atoms with Gasteiger partial charge in [0.05, 0.1) is 6.10 Å². The first-order valence-corrected chi connectivity index (χ1v) is 3.86. The first kappa shape index (κ1) is 6.39. The molecule has 8 heavy (non-hydrogen) atoms. The van der Waals surface area contributed by atoms with E-state index < -0.39 is 0 Å². The molecule has 0 aromatic rings. The molecule has 0 bridgehead atoms. The van der Waals surface area contributed by atoms with Gasteiger partial charge in [0.25, 0.3) is 0 Å². The lowest BCUT2D eigenvalue weighted by atomic mass is 10.1. The van der Waals surface area contributed by atoms with Crippen molar-refractivity contribution >= 4 is 11.8 Å². The topological polar surface area (TPSA) is 40.5 Å². The van der Waals surface area contributed by atoms with Crippen molar-refractivity contribution in [1.82, 2.24) is 0 Å². The molecule has 2 atom stereocenters. The Labute approximate surface area is 52.9 Å². The van der Waals surface area contributed by atoms with Crippen LogP contribution in [0.25, 0.3) is 0 Å². The molecule has 0 aromatic heterocycles. The van der Waals surface area contributed by atoms with Crippen molar-refractivity contribution < 1.29 is 10.2 Å². The van der Waals surface area contributed by atoms with Gasteiger partial charge >= 0.3 is 0 Å². The van der Waals surface area contributed by atoms with Gasteiger partial charge in [-0.3, -0.25) is 0 Å². The van der Waals surface area contributed by atoms with Gasteiger partial charge < -0.3 is 10.2 Å². The molecule has 1 fully saturated rings. The van der Waals surface area contributed by atoms with Gasteiger partial charge in [0.2, 0.25) is 0 Å². The average Bonchev–Trinajstić information content (AvgIpc) is 2.14. The Morgan fingerprint density at radius 1 is 1.50 bits per heavy atom. The smallest absolute Gasteiger partial charge is 0.0688 e. The summed E-state index contributed by atoms with van der Waals surface area (Å²) >= 11 is 1.70. The van der Waals surface area contributed by atoms with Crippen molar-refractivity contribution in [3.63, 3.8) is 0 Å². The van der Waals surface area contributed by atoms with Gasteiger partial charge in [0.1, 0.15) is 0 Å². The van der Waals surface area contributed by atoms with Crippen molar-refractivity contribution in [2.75, 3.05) is 18.1 Å². The summed E-state index contributed by atoms with van der Waals surface area (Å²) in [7, 11) is 0. The predicted molar refractivity (Wildman–Crippen MR) is 33.9 cm³/mol. The van der Waals surface area contributed by atoms with E-state index in [0.717, 1.165) is 11.5 Å². The van der Waals surface area contributed by atoms with E-state index in [9.17, 15) is 0 Å². The lowest BCUT2D eigenvalue weighted by Crippen LogP contribution is -2.20. The zero-order valence-electron chi connectivity index (χ0n) is 4.58. The molecule has 3 heteroatoms. The molecule has 0 saturated carbocycles. The van der Waals surface area contributed by atoms with Crippen LogP contribution in [-0.4, -0.2) is 34.4 Å². The minimum absolute atomic E-state index is 0.133. The number of aliphatic hydroxyl groups is 2. The molecule has 0 radical (unpaired) electrons. The minimum Gasteiger partial charge on any atom is -0.396 e. The Morgan fingerprint density at radius 3 is 2.50 bits per heavy atom. The summed E-state index contributed by atoms with van der Waals surface area (Å²) in [5, 5.41) is 17.6. The summed E-state index contributed by atoms with van der Waals surface area (Å²) < 4.78 is 0. The van der Waals surface area contributed by atoms with Crippen LogP contribution in [-0.2, 0) is 0 Å². The molecule has 2 N–H and O–H groups in total. The summed E-state index contributed by atoms with van der Waals surface area (Å²) in [6.07, 6.45) is -0.259. The summed E-state index contributed by atoms with van der Waals surface area (Å²) in [6, 6.07) is 0. The van der Waals surface area contributed by atoms with E-state index in [4.69, 9.17) is 10.2 Å². The Kier molecular flexibility index (Phi) is 2.16. The summed E-state index contributed by atoms with van der Waals surface area (Å²) in [5.41, 5.74) is 0. The van der Waals surface area contributed by atoms with Crippen molar-refractivity contribution in [3.8, 4) is 0 Å². The van der Waals surface area contributed by atoms with Gasteiger partial charge in [-0.2, -0.15) is 11.8 Å². The number of hydrogen-bond acceptors (Lipinski definition) is 3. The number of aliphatic hydroxyl groups excluding tert-OH is 2. The van der Waals surface area contributed by atoms with E-state index >= 15 is 0 Å². The van der Waals surface area contributed by atoms with Crippen LogP contribution in [0.3, 0.4) is 0 Å². The highest BCUT2D eigenvalue weighted by molar-refractivity contribution is 7.99. The number of hydrogen-bond donors (Lipinski definition) is 2. The lowest BCUT2D eigenvalue weighted by molar-refractivity contribution is 0.104. The second-order valence-electron chi connectivity index (χ2n) is 2.05. The second kappa shape index (κ2) is 2.71. The van der Waals surface area contributed by atoms with Crippen LogP contribution in [0.5, 0.6) is 0 Å². The molecule has 0 aliphatic carbocycles. The molecule has 1 aliphatic rings. The third-order valence-electron chi connectivity index (χ3n) is 1.40. The van der Waals surface area contributed by atoms with Crippen LogP contribution >= 0.6 is 11.8 Å². The monoisotopic (exact) mass is 134 g/mol. The van der Waals surface area contributed by atoms with Crippen LogP contribution in [0, 0.1) is 5.92 Å². The quantitative estimate of drug-likeness (QED) is 0.517. The molecule has 1 rings (SSSR count). The van der Waals surface area contributed by atoms with Gasteiger partial charge in [0, 0.05) is 24.0 Å². The van der Waals surface area contributed by atoms with Gasteiger partial charge in [0.15, 0.2) is 0 Å². The fraction of sp³-hybridized carbons (Fsp3) is 1.00. The van der Waals surface area contributed by atoms with Crippen LogP contribution in [0.4, 0.5) is 0 Å². The van der Waals surface area contributed by atoms with Crippen LogP contribution in [0.1, 0.15) is 0 Å². The second-order valence-corrected chi connectivity index (χ2v) is 3.12. The van der Waals surface area contributed by atoms with E-state index in [0.29, 0.717) is 0 Å². The van der Waals surface area contributed by atoms with E-state index in [2.05, 4.69) is 0 Å². The maximum Gasteiger partial charge on any atom is 0.0688 e. The van der Waals surface area contributed by atoms with Gasteiger partial charge in [-0.15, -0.1) is 0 Å². The third kappa shape index (κ3) is 1.16. The normalized spacial score (nSPS) is 38.2. The maximum absolute atomic E-state index is 9.01. The molecular formula is C5H10O2S. The van der Waals surface area contributed by atoms with E-state index in [-0.39, 0.29) is 18.6 Å². The van der Waals surface area contributed by atoms with Crippen LogP contribution < -0.4 is 0 Å².